The average Bonchev–Trinajstić information content (AvgIpc) is 3.20. The molecule has 164 valence electrons. The van der Waals surface area contributed by atoms with E-state index in [1.165, 1.54) is 6.07 Å². The van der Waals surface area contributed by atoms with Gasteiger partial charge in [-0.1, -0.05) is 18.2 Å². The van der Waals surface area contributed by atoms with Crippen LogP contribution in [0.25, 0.3) is 11.5 Å². The summed E-state index contributed by atoms with van der Waals surface area (Å²) < 4.78 is 44.9. The molecule has 0 saturated heterocycles. The molecule has 0 spiro atoms. The van der Waals surface area contributed by atoms with Crippen LogP contribution in [0.15, 0.2) is 46.9 Å². The zero-order valence-corrected chi connectivity index (χ0v) is 17.9. The molecular formula is C24H25F3N2O2. The normalized spacial score (nSPS) is 16.6. The monoisotopic (exact) mass is 430 g/mol. The number of benzene rings is 2. The second kappa shape index (κ2) is 7.41. The van der Waals surface area contributed by atoms with Gasteiger partial charge in [0.05, 0.1) is 17.7 Å². The van der Waals surface area contributed by atoms with Gasteiger partial charge in [-0.15, -0.1) is 0 Å². The molecular weight excluding hydrogens is 405 g/mol. The van der Waals surface area contributed by atoms with Gasteiger partial charge in [0, 0.05) is 17.3 Å². The maximum absolute atomic E-state index is 13.1. The van der Waals surface area contributed by atoms with Gasteiger partial charge in [-0.2, -0.15) is 13.2 Å². The van der Waals surface area contributed by atoms with Crippen molar-refractivity contribution in [2.45, 2.75) is 58.5 Å². The van der Waals surface area contributed by atoms with E-state index in [2.05, 4.69) is 16.8 Å². The minimum atomic E-state index is -4.42. The van der Waals surface area contributed by atoms with Gasteiger partial charge in [-0.05, 0) is 69.5 Å². The first kappa shape index (κ1) is 21.4. The van der Waals surface area contributed by atoms with Crippen molar-refractivity contribution in [3.8, 4) is 11.5 Å². The first-order valence-electron chi connectivity index (χ1n) is 10.2. The highest BCUT2D eigenvalue weighted by Crippen LogP contribution is 2.37. The smallest absolute Gasteiger partial charge is 0.416 e. The Morgan fingerprint density at radius 3 is 2.55 bits per heavy atom. The molecule has 1 aromatic heterocycles. The largest absolute Gasteiger partial charge is 0.441 e. The van der Waals surface area contributed by atoms with Gasteiger partial charge in [0.15, 0.2) is 0 Å². The highest BCUT2D eigenvalue weighted by molar-refractivity contribution is 5.61. The molecule has 1 aliphatic rings. The van der Waals surface area contributed by atoms with Crippen molar-refractivity contribution in [3.63, 3.8) is 0 Å². The van der Waals surface area contributed by atoms with Crippen LogP contribution >= 0.6 is 0 Å². The van der Waals surface area contributed by atoms with E-state index in [0.717, 1.165) is 35.4 Å². The number of anilines is 1. The summed E-state index contributed by atoms with van der Waals surface area (Å²) in [6.07, 6.45) is -3.58. The highest BCUT2D eigenvalue weighted by Gasteiger charge is 2.32. The summed E-state index contributed by atoms with van der Waals surface area (Å²) in [7, 11) is 0. The summed E-state index contributed by atoms with van der Waals surface area (Å²) in [5, 5.41) is 10.3. The molecule has 0 saturated carbocycles. The second-order valence-corrected chi connectivity index (χ2v) is 8.68. The topological polar surface area (TPSA) is 49.5 Å². The number of aryl methyl sites for hydroxylation is 1. The number of aromatic nitrogens is 1. The fourth-order valence-corrected chi connectivity index (χ4v) is 4.00. The molecule has 0 bridgehead atoms. The minimum Gasteiger partial charge on any atom is -0.441 e. The van der Waals surface area contributed by atoms with Gasteiger partial charge in [0.1, 0.15) is 11.5 Å². The predicted octanol–water partition coefficient (Wildman–Crippen LogP) is 5.85. The molecule has 4 nitrogen and oxygen atoms in total. The Labute approximate surface area is 179 Å². The summed E-state index contributed by atoms with van der Waals surface area (Å²) in [5.74, 6) is 0.768. The Kier molecular flexibility index (Phi) is 5.12. The van der Waals surface area contributed by atoms with Gasteiger partial charge in [0.2, 0.25) is 5.89 Å². The van der Waals surface area contributed by atoms with E-state index in [4.69, 9.17) is 4.42 Å². The molecule has 3 aromatic rings. The molecule has 2 aromatic carbocycles. The molecule has 31 heavy (non-hydrogen) atoms. The van der Waals surface area contributed by atoms with Gasteiger partial charge in [-0.3, -0.25) is 0 Å². The number of hydrogen-bond acceptors (Lipinski definition) is 4. The summed E-state index contributed by atoms with van der Waals surface area (Å²) >= 11 is 0. The summed E-state index contributed by atoms with van der Waals surface area (Å²) in [6, 6.07) is 11.2. The summed E-state index contributed by atoms with van der Waals surface area (Å²) in [6.45, 7) is 7.91. The van der Waals surface area contributed by atoms with Gasteiger partial charge in [0.25, 0.3) is 0 Å². The van der Waals surface area contributed by atoms with Crippen LogP contribution in [0.1, 0.15) is 48.9 Å². The quantitative estimate of drug-likeness (QED) is 0.564. The fraction of sp³-hybridized carbons (Fsp3) is 0.375. The molecule has 7 heteroatoms. The lowest BCUT2D eigenvalue weighted by Gasteiger charge is -2.24. The van der Waals surface area contributed by atoms with Crippen molar-refractivity contribution in [2.24, 2.45) is 0 Å². The average molecular weight is 430 g/mol. The maximum Gasteiger partial charge on any atom is 0.416 e. The SMILES string of the molecule is Cc1oc(-c2cccc(C(F)(F)F)c2)nc1CN1c2ccc(C(C)(C)O)cc2CC1C. The van der Waals surface area contributed by atoms with Crippen LogP contribution in [-0.2, 0) is 24.7 Å². The third-order valence-corrected chi connectivity index (χ3v) is 5.79. The lowest BCUT2D eigenvalue weighted by Crippen LogP contribution is -2.29. The first-order valence-corrected chi connectivity index (χ1v) is 10.2. The number of oxazole rings is 1. The van der Waals surface area contributed by atoms with Gasteiger partial charge < -0.3 is 14.4 Å². The number of rotatable bonds is 4. The number of halogens is 3. The predicted molar refractivity (Wildman–Crippen MR) is 113 cm³/mol. The molecule has 0 fully saturated rings. The van der Waals surface area contributed by atoms with Crippen LogP contribution in [0, 0.1) is 6.92 Å². The molecule has 1 N–H and O–H groups in total. The molecule has 0 radical (unpaired) electrons. The first-order chi connectivity index (χ1) is 14.4. The Hall–Kier alpha value is -2.80. The zero-order chi connectivity index (χ0) is 22.6. The Balaban J connectivity index is 1.62. The Morgan fingerprint density at radius 2 is 1.87 bits per heavy atom. The molecule has 2 heterocycles. The van der Waals surface area contributed by atoms with Crippen LogP contribution in [0.5, 0.6) is 0 Å². The van der Waals surface area contributed by atoms with E-state index in [1.54, 1.807) is 26.8 Å². The Bertz CT molecular complexity index is 1110. The third kappa shape index (κ3) is 4.19. The highest BCUT2D eigenvalue weighted by atomic mass is 19.4. The van der Waals surface area contributed by atoms with E-state index in [-0.39, 0.29) is 11.9 Å². The van der Waals surface area contributed by atoms with Crippen LogP contribution in [-0.4, -0.2) is 16.1 Å². The van der Waals surface area contributed by atoms with Crippen molar-refractivity contribution in [3.05, 3.63) is 70.6 Å². The maximum atomic E-state index is 13.1. The van der Waals surface area contributed by atoms with Crippen molar-refractivity contribution in [1.82, 2.24) is 4.98 Å². The van der Waals surface area contributed by atoms with Crippen LogP contribution < -0.4 is 4.90 Å². The molecule has 1 atom stereocenters. The summed E-state index contributed by atoms with van der Waals surface area (Å²) in [5.41, 5.74) is 2.45. The van der Waals surface area contributed by atoms with Crippen molar-refractivity contribution in [2.75, 3.05) is 4.90 Å². The van der Waals surface area contributed by atoms with Crippen LogP contribution in [0.4, 0.5) is 18.9 Å². The standard InChI is InChI=1S/C24H25F3N2O2/c1-14-10-17-12-18(23(3,4)30)8-9-21(17)29(14)13-20-15(2)31-22(28-20)16-6-5-7-19(11-16)24(25,26)27/h5-9,11-12,14,30H,10,13H2,1-4H3. The number of alkyl halides is 3. The zero-order valence-electron chi connectivity index (χ0n) is 17.9. The number of nitrogens with zero attached hydrogens (tertiary/aromatic N) is 2. The van der Waals surface area contributed by atoms with Gasteiger partial charge >= 0.3 is 6.18 Å². The summed E-state index contributed by atoms with van der Waals surface area (Å²) in [4.78, 5) is 6.73. The number of fused-ring (bicyclic) bond motifs is 1. The van der Waals surface area contributed by atoms with Crippen molar-refractivity contribution in [1.29, 1.82) is 0 Å². The fourth-order valence-electron chi connectivity index (χ4n) is 4.00. The molecule has 1 aliphatic heterocycles. The van der Waals surface area contributed by atoms with E-state index in [1.807, 2.05) is 18.2 Å². The third-order valence-electron chi connectivity index (χ3n) is 5.79. The lowest BCUT2D eigenvalue weighted by atomic mass is 9.95. The van der Waals surface area contributed by atoms with Gasteiger partial charge in [-0.25, -0.2) is 4.98 Å². The number of aliphatic hydroxyl groups is 1. The van der Waals surface area contributed by atoms with Crippen LogP contribution in [0.2, 0.25) is 0 Å². The molecule has 0 amide bonds. The van der Waals surface area contributed by atoms with E-state index < -0.39 is 17.3 Å². The van der Waals surface area contributed by atoms with Crippen molar-refractivity contribution >= 4 is 5.69 Å². The van der Waals surface area contributed by atoms with E-state index >= 15 is 0 Å². The molecule has 4 rings (SSSR count). The molecule has 0 aliphatic carbocycles. The van der Waals surface area contributed by atoms with E-state index in [9.17, 15) is 18.3 Å². The molecule has 1 unspecified atom stereocenters. The van der Waals surface area contributed by atoms with Crippen LogP contribution in [0.3, 0.4) is 0 Å². The lowest BCUT2D eigenvalue weighted by molar-refractivity contribution is -0.137. The second-order valence-electron chi connectivity index (χ2n) is 8.68. The van der Waals surface area contributed by atoms with E-state index in [0.29, 0.717) is 23.6 Å². The van der Waals surface area contributed by atoms with Crippen molar-refractivity contribution < 1.29 is 22.7 Å². The number of hydrogen-bond donors (Lipinski definition) is 1. The Morgan fingerprint density at radius 1 is 1.13 bits per heavy atom. The minimum absolute atomic E-state index is 0.183.